The van der Waals surface area contributed by atoms with E-state index in [0.717, 1.165) is 0 Å². The van der Waals surface area contributed by atoms with E-state index >= 15 is 0 Å². The summed E-state index contributed by atoms with van der Waals surface area (Å²) in [7, 11) is 1.56. The maximum absolute atomic E-state index is 13.8. The molecular formula is C26H28BrN3O6. The van der Waals surface area contributed by atoms with Crippen LogP contribution >= 0.6 is 15.9 Å². The van der Waals surface area contributed by atoms with Crippen molar-refractivity contribution in [3.63, 3.8) is 0 Å². The first-order valence-electron chi connectivity index (χ1n) is 11.9. The van der Waals surface area contributed by atoms with Crippen molar-refractivity contribution in [1.82, 2.24) is 4.90 Å². The maximum Gasteiger partial charge on any atom is 0.250 e. The average molecular weight is 558 g/mol. The van der Waals surface area contributed by atoms with Gasteiger partial charge in [0.25, 0.3) is 0 Å². The summed E-state index contributed by atoms with van der Waals surface area (Å²) in [5.41, 5.74) is 0.0269. The van der Waals surface area contributed by atoms with Crippen molar-refractivity contribution in [2.75, 3.05) is 30.9 Å². The number of para-hydroxylation sites is 1. The lowest BCUT2D eigenvalue weighted by atomic mass is 9.70. The van der Waals surface area contributed by atoms with Crippen LogP contribution in [0.5, 0.6) is 5.75 Å². The zero-order chi connectivity index (χ0) is 25.4. The third kappa shape index (κ3) is 4.07. The summed E-state index contributed by atoms with van der Waals surface area (Å²) in [5.74, 6) is -1.91. The first-order chi connectivity index (χ1) is 17.4. The van der Waals surface area contributed by atoms with Crippen LogP contribution in [0.3, 0.4) is 0 Å². The summed E-state index contributed by atoms with van der Waals surface area (Å²) in [6.45, 7) is 0.0546. The minimum atomic E-state index is -1.15. The van der Waals surface area contributed by atoms with Crippen molar-refractivity contribution in [3.8, 4) is 5.75 Å². The van der Waals surface area contributed by atoms with E-state index < -0.39 is 35.5 Å². The molecule has 10 heteroatoms. The van der Waals surface area contributed by atoms with Crippen molar-refractivity contribution in [2.45, 2.75) is 35.4 Å². The summed E-state index contributed by atoms with van der Waals surface area (Å²) in [4.78, 5) is 42.2. The predicted octanol–water partition coefficient (Wildman–Crippen LogP) is 2.40. The van der Waals surface area contributed by atoms with E-state index in [0.29, 0.717) is 30.0 Å². The number of aliphatic hydroxyl groups is 1. The second-order valence-corrected chi connectivity index (χ2v) is 10.5. The third-order valence-electron chi connectivity index (χ3n) is 7.30. The molecule has 2 aromatic rings. The normalized spacial score (nSPS) is 30.2. The predicted molar refractivity (Wildman–Crippen MR) is 136 cm³/mol. The van der Waals surface area contributed by atoms with Gasteiger partial charge < -0.3 is 30.1 Å². The Bertz CT molecular complexity index is 1150. The van der Waals surface area contributed by atoms with Gasteiger partial charge in [0.05, 0.1) is 25.0 Å². The minimum absolute atomic E-state index is 0.128. The van der Waals surface area contributed by atoms with Crippen LogP contribution in [0.25, 0.3) is 0 Å². The molecule has 3 amide bonds. The topological polar surface area (TPSA) is 117 Å². The minimum Gasteiger partial charge on any atom is -0.497 e. The molecule has 190 valence electrons. The molecule has 3 aliphatic heterocycles. The number of aliphatic hydroxyl groups excluding tert-OH is 1. The molecule has 0 aliphatic carbocycles. The van der Waals surface area contributed by atoms with E-state index in [1.54, 1.807) is 43.5 Å². The zero-order valence-corrected chi connectivity index (χ0v) is 21.3. The number of anilines is 2. The Kier molecular flexibility index (Phi) is 6.76. The Morgan fingerprint density at radius 2 is 1.78 bits per heavy atom. The molecule has 2 bridgehead atoms. The largest absolute Gasteiger partial charge is 0.497 e. The van der Waals surface area contributed by atoms with Crippen LogP contribution < -0.4 is 15.4 Å². The van der Waals surface area contributed by atoms with Gasteiger partial charge in [-0.15, -0.1) is 0 Å². The lowest BCUT2D eigenvalue weighted by Crippen LogP contribution is -2.54. The van der Waals surface area contributed by atoms with Gasteiger partial charge in [-0.25, -0.2) is 0 Å². The molecule has 1 spiro atoms. The van der Waals surface area contributed by atoms with Crippen LogP contribution in [0.1, 0.15) is 12.8 Å². The van der Waals surface area contributed by atoms with E-state index in [2.05, 4.69) is 26.6 Å². The van der Waals surface area contributed by atoms with E-state index in [9.17, 15) is 19.5 Å². The number of benzene rings is 2. The number of carbonyl (C=O) groups is 3. The highest BCUT2D eigenvalue weighted by Gasteiger charge is 2.76. The summed E-state index contributed by atoms with van der Waals surface area (Å²) in [6.07, 6.45) is 0.182. The molecular weight excluding hydrogens is 530 g/mol. The molecule has 3 unspecified atom stereocenters. The Morgan fingerprint density at radius 3 is 2.44 bits per heavy atom. The lowest BCUT2D eigenvalue weighted by molar-refractivity contribution is -0.139. The molecule has 0 radical (unpaired) electrons. The smallest absolute Gasteiger partial charge is 0.250 e. The van der Waals surface area contributed by atoms with Crippen LogP contribution in [0.15, 0.2) is 54.6 Å². The number of nitrogens with one attached hydrogen (secondary N) is 2. The Morgan fingerprint density at radius 1 is 1.11 bits per heavy atom. The quantitative estimate of drug-likeness (QED) is 0.429. The zero-order valence-electron chi connectivity index (χ0n) is 19.7. The molecule has 2 aromatic carbocycles. The van der Waals surface area contributed by atoms with Gasteiger partial charge in [-0.1, -0.05) is 34.1 Å². The Hall–Kier alpha value is -2.95. The number of carbonyl (C=O) groups excluding carboxylic acids is 3. The van der Waals surface area contributed by atoms with E-state index in [1.807, 2.05) is 18.2 Å². The second-order valence-electron chi connectivity index (χ2n) is 9.35. The maximum atomic E-state index is 13.8. The number of methoxy groups -OCH3 is 1. The van der Waals surface area contributed by atoms with E-state index in [1.165, 1.54) is 4.90 Å². The fraction of sp³-hybridized carbons (Fsp3) is 0.423. The van der Waals surface area contributed by atoms with Gasteiger partial charge in [0.1, 0.15) is 17.4 Å². The molecule has 6 atom stereocenters. The van der Waals surface area contributed by atoms with Gasteiger partial charge in [-0.3, -0.25) is 14.4 Å². The van der Waals surface area contributed by atoms with Crippen molar-refractivity contribution in [1.29, 1.82) is 0 Å². The highest BCUT2D eigenvalue weighted by atomic mass is 79.9. The van der Waals surface area contributed by atoms with Gasteiger partial charge >= 0.3 is 0 Å². The van der Waals surface area contributed by atoms with E-state index in [4.69, 9.17) is 9.47 Å². The number of likely N-dealkylation sites (tertiary alicyclic amines) is 1. The summed E-state index contributed by atoms with van der Waals surface area (Å²) in [6, 6.07) is 15.0. The molecule has 9 nitrogen and oxygen atoms in total. The molecule has 5 rings (SSSR count). The van der Waals surface area contributed by atoms with Gasteiger partial charge in [0, 0.05) is 29.4 Å². The number of alkyl halides is 1. The molecule has 3 fully saturated rings. The number of nitrogens with zero attached hydrogens (tertiary/aromatic N) is 1. The van der Waals surface area contributed by atoms with Crippen LogP contribution in [-0.2, 0) is 19.1 Å². The Labute approximate surface area is 217 Å². The molecule has 3 heterocycles. The molecule has 3 saturated heterocycles. The highest BCUT2D eigenvalue weighted by molar-refractivity contribution is 9.09. The highest BCUT2D eigenvalue weighted by Crippen LogP contribution is 2.60. The van der Waals surface area contributed by atoms with Crippen LogP contribution in [0.2, 0.25) is 0 Å². The SMILES string of the molecule is COc1ccc(NC(=O)C2N(CCCO)C(=O)[C@@H]3[C@H](C(=O)Nc4ccccc4)[C@H]4OC23CC4Br)cc1. The number of ether oxygens (including phenoxy) is 2. The van der Waals surface area contributed by atoms with Crippen LogP contribution in [0, 0.1) is 11.8 Å². The van der Waals surface area contributed by atoms with Gasteiger partial charge in [0.15, 0.2) is 0 Å². The molecule has 3 aliphatic rings. The van der Waals surface area contributed by atoms with Crippen LogP contribution in [0.4, 0.5) is 11.4 Å². The van der Waals surface area contributed by atoms with Crippen molar-refractivity contribution in [2.24, 2.45) is 11.8 Å². The number of halogens is 1. The molecule has 0 aromatic heterocycles. The van der Waals surface area contributed by atoms with E-state index in [-0.39, 0.29) is 29.8 Å². The molecule has 36 heavy (non-hydrogen) atoms. The number of fused-ring (bicyclic) bond motifs is 1. The monoisotopic (exact) mass is 557 g/mol. The first kappa shape index (κ1) is 24.7. The fourth-order valence-corrected chi connectivity index (χ4v) is 6.79. The number of amides is 3. The third-order valence-corrected chi connectivity index (χ3v) is 8.14. The Balaban J connectivity index is 1.46. The number of rotatable bonds is 8. The van der Waals surface area contributed by atoms with Crippen LogP contribution in [-0.4, -0.2) is 70.6 Å². The number of hydrogen-bond donors (Lipinski definition) is 3. The van der Waals surface area contributed by atoms with Gasteiger partial charge in [-0.2, -0.15) is 0 Å². The summed E-state index contributed by atoms with van der Waals surface area (Å²) in [5, 5.41) is 15.3. The fourth-order valence-electron chi connectivity index (χ4n) is 5.84. The average Bonchev–Trinajstić information content (AvgIpc) is 3.47. The molecule has 3 N–H and O–H groups in total. The standard InChI is InChI=1S/C26H28BrN3O6/c1-35-17-10-8-16(9-11-17)29-24(33)22-26-14-18(27)21(36-26)19(20(26)25(34)30(22)12-5-13-31)23(32)28-15-6-3-2-4-7-15/h2-4,6-11,18-22,31H,5,12-14H2,1H3,(H,28,32)(H,29,33)/t18?,19-,20-,21-,22?,26?/m0/s1. The van der Waals surface area contributed by atoms with Crippen molar-refractivity contribution in [3.05, 3.63) is 54.6 Å². The summed E-state index contributed by atoms with van der Waals surface area (Å²) >= 11 is 3.65. The second kappa shape index (κ2) is 9.84. The summed E-state index contributed by atoms with van der Waals surface area (Å²) < 4.78 is 11.6. The molecule has 0 saturated carbocycles. The van der Waals surface area contributed by atoms with Crippen molar-refractivity contribution >= 4 is 45.0 Å². The first-order valence-corrected chi connectivity index (χ1v) is 12.8. The van der Waals surface area contributed by atoms with Gasteiger partial charge in [0.2, 0.25) is 17.7 Å². The van der Waals surface area contributed by atoms with Gasteiger partial charge in [-0.05, 0) is 49.2 Å². The number of hydrogen-bond acceptors (Lipinski definition) is 6. The van der Waals surface area contributed by atoms with Crippen molar-refractivity contribution < 1.29 is 29.0 Å². The lowest BCUT2D eigenvalue weighted by Gasteiger charge is -2.34.